The highest BCUT2D eigenvalue weighted by molar-refractivity contribution is 7.89. The smallest absolute Gasteiger partial charge is 0.266 e. The number of hydrogen-bond donors (Lipinski definition) is 2. The molecular formula is C26H27ClN6O4S. The van der Waals surface area contributed by atoms with Crippen molar-refractivity contribution >= 4 is 38.4 Å². The van der Waals surface area contributed by atoms with Crippen molar-refractivity contribution in [3.8, 4) is 11.3 Å². The molecule has 1 aliphatic heterocycles. The number of halogens is 1. The van der Waals surface area contributed by atoms with E-state index in [9.17, 15) is 18.0 Å². The molecule has 4 aromatic rings. The van der Waals surface area contributed by atoms with E-state index >= 15 is 0 Å². The van der Waals surface area contributed by atoms with Crippen molar-refractivity contribution in [2.24, 2.45) is 0 Å². The third kappa shape index (κ3) is 5.37. The maximum absolute atomic E-state index is 13.2. The third-order valence-electron chi connectivity index (χ3n) is 6.52. The van der Waals surface area contributed by atoms with Gasteiger partial charge < -0.3 is 15.2 Å². The van der Waals surface area contributed by atoms with Gasteiger partial charge in [0.1, 0.15) is 5.03 Å². The first kappa shape index (κ1) is 26.1. The fraction of sp³-hybridized carbons (Fsp3) is 0.269. The third-order valence-corrected chi connectivity index (χ3v) is 8.53. The fourth-order valence-electron chi connectivity index (χ4n) is 4.40. The molecule has 0 bridgehead atoms. The summed E-state index contributed by atoms with van der Waals surface area (Å²) in [5.41, 5.74) is 2.95. The van der Waals surface area contributed by atoms with Gasteiger partial charge in [0.05, 0.1) is 18.8 Å². The molecule has 10 nitrogen and oxygen atoms in total. The Morgan fingerprint density at radius 3 is 2.55 bits per heavy atom. The molecule has 2 aromatic carbocycles. The summed E-state index contributed by atoms with van der Waals surface area (Å²) in [6.45, 7) is 1.72. The molecule has 3 heterocycles. The molecule has 5 rings (SSSR count). The van der Waals surface area contributed by atoms with Gasteiger partial charge >= 0.3 is 0 Å². The Morgan fingerprint density at radius 1 is 1.03 bits per heavy atom. The Labute approximate surface area is 224 Å². The molecule has 1 aliphatic rings. The van der Waals surface area contributed by atoms with Crippen LogP contribution in [0.15, 0.2) is 70.5 Å². The van der Waals surface area contributed by atoms with E-state index in [0.29, 0.717) is 41.3 Å². The highest BCUT2D eigenvalue weighted by Gasteiger charge is 2.33. The second kappa shape index (κ2) is 10.7. The molecule has 0 saturated carbocycles. The number of sulfonamides is 1. The summed E-state index contributed by atoms with van der Waals surface area (Å²) in [6.07, 6.45) is 0. The monoisotopic (exact) mass is 554 g/mol. The first-order valence-electron chi connectivity index (χ1n) is 12.1. The molecule has 2 aromatic heterocycles. The number of carbonyl (C=O) groups excluding carboxylic acids is 1. The van der Waals surface area contributed by atoms with Crippen molar-refractivity contribution in [3.63, 3.8) is 0 Å². The SMILES string of the molecule is CNCCn1nc(-c2ccc(CN3CCN(S(=O)(=O)c4cc5cc(Cl)ccc5[nH]4)CC3=O)cc2)ccc1=O. The van der Waals surface area contributed by atoms with Crippen LogP contribution in [-0.2, 0) is 27.9 Å². The van der Waals surface area contributed by atoms with E-state index in [-0.39, 0.29) is 36.1 Å². The van der Waals surface area contributed by atoms with Crippen LogP contribution in [0.25, 0.3) is 22.2 Å². The van der Waals surface area contributed by atoms with Gasteiger partial charge in [0, 0.05) is 53.7 Å². The highest BCUT2D eigenvalue weighted by Crippen LogP contribution is 2.25. The molecule has 12 heteroatoms. The van der Waals surface area contributed by atoms with Crippen molar-refractivity contribution < 1.29 is 13.2 Å². The lowest BCUT2D eigenvalue weighted by Gasteiger charge is -2.33. The number of fused-ring (bicyclic) bond motifs is 1. The van der Waals surface area contributed by atoms with Crippen molar-refractivity contribution in [2.75, 3.05) is 33.2 Å². The van der Waals surface area contributed by atoms with Crippen LogP contribution in [0.4, 0.5) is 0 Å². The Morgan fingerprint density at radius 2 is 1.82 bits per heavy atom. The zero-order valence-electron chi connectivity index (χ0n) is 20.7. The van der Waals surface area contributed by atoms with Crippen LogP contribution in [0.2, 0.25) is 5.02 Å². The number of H-pyrrole nitrogens is 1. The van der Waals surface area contributed by atoms with Gasteiger partial charge in [-0.25, -0.2) is 13.1 Å². The molecular weight excluding hydrogens is 528 g/mol. The Bertz CT molecular complexity index is 1650. The van der Waals surface area contributed by atoms with Crippen molar-refractivity contribution in [1.82, 2.24) is 29.3 Å². The number of likely N-dealkylation sites (N-methyl/N-ethyl adjacent to an activating group) is 1. The van der Waals surface area contributed by atoms with Crippen LogP contribution in [-0.4, -0.2) is 71.5 Å². The minimum atomic E-state index is -3.86. The minimum Gasteiger partial charge on any atom is -0.345 e. The average molecular weight is 555 g/mol. The van der Waals surface area contributed by atoms with Gasteiger partial charge in [-0.2, -0.15) is 9.40 Å². The first-order chi connectivity index (χ1) is 18.2. The molecule has 0 radical (unpaired) electrons. The first-order valence-corrected chi connectivity index (χ1v) is 13.9. The topological polar surface area (TPSA) is 120 Å². The predicted molar refractivity (Wildman–Crippen MR) is 145 cm³/mol. The fourth-order valence-corrected chi connectivity index (χ4v) is 5.97. The molecule has 1 fully saturated rings. The van der Waals surface area contributed by atoms with E-state index < -0.39 is 10.0 Å². The Balaban J connectivity index is 1.24. The zero-order valence-corrected chi connectivity index (χ0v) is 22.3. The molecule has 0 unspecified atom stereocenters. The summed E-state index contributed by atoms with van der Waals surface area (Å²) in [5.74, 6) is -0.263. The van der Waals surface area contributed by atoms with Gasteiger partial charge in [-0.1, -0.05) is 35.9 Å². The number of aromatic amines is 1. The van der Waals surface area contributed by atoms with Crippen molar-refractivity contribution in [3.05, 3.63) is 81.6 Å². The number of nitrogens with zero attached hydrogens (tertiary/aromatic N) is 4. The highest BCUT2D eigenvalue weighted by atomic mass is 35.5. The second-order valence-corrected chi connectivity index (χ2v) is 11.4. The van der Waals surface area contributed by atoms with Crippen molar-refractivity contribution in [1.29, 1.82) is 0 Å². The number of benzene rings is 2. The van der Waals surface area contributed by atoms with Crippen molar-refractivity contribution in [2.45, 2.75) is 18.1 Å². The minimum absolute atomic E-state index is 0.0394. The summed E-state index contributed by atoms with van der Waals surface area (Å²) < 4.78 is 29.0. The van der Waals surface area contributed by atoms with Gasteiger partial charge in [-0.15, -0.1) is 0 Å². The Kier molecular flexibility index (Phi) is 7.35. The average Bonchev–Trinajstić information content (AvgIpc) is 3.34. The number of carbonyl (C=O) groups is 1. The van der Waals surface area contributed by atoms with Crippen LogP contribution in [0.5, 0.6) is 0 Å². The molecule has 0 spiro atoms. The van der Waals surface area contributed by atoms with Crippen LogP contribution in [0.1, 0.15) is 5.56 Å². The lowest BCUT2D eigenvalue weighted by molar-refractivity contribution is -0.134. The summed E-state index contributed by atoms with van der Waals surface area (Å²) in [6, 6.07) is 17.5. The van der Waals surface area contributed by atoms with Crippen LogP contribution < -0.4 is 10.9 Å². The Hall–Kier alpha value is -3.51. The lowest BCUT2D eigenvalue weighted by Crippen LogP contribution is -2.51. The molecule has 198 valence electrons. The standard InChI is InChI=1S/C26H27ClN6O4S/c1-28-10-11-33-25(34)9-8-23(30-33)19-4-2-18(3-5-19)16-31-12-13-32(17-26(31)35)38(36,37)24-15-20-14-21(27)6-7-22(20)29-24/h2-9,14-15,28-29H,10-13,16-17H2,1H3. The maximum Gasteiger partial charge on any atom is 0.266 e. The summed E-state index contributed by atoms with van der Waals surface area (Å²) in [4.78, 5) is 29.5. The molecule has 1 saturated heterocycles. The van der Waals surface area contributed by atoms with E-state index in [1.807, 2.05) is 31.3 Å². The quantitative estimate of drug-likeness (QED) is 0.345. The summed E-state index contributed by atoms with van der Waals surface area (Å²) >= 11 is 6.02. The van der Waals surface area contributed by atoms with Gasteiger partial charge in [0.2, 0.25) is 5.91 Å². The van der Waals surface area contributed by atoms with E-state index in [2.05, 4.69) is 15.4 Å². The van der Waals surface area contributed by atoms with Gasteiger partial charge in [0.25, 0.3) is 15.6 Å². The van der Waals surface area contributed by atoms with Crippen LogP contribution in [0.3, 0.4) is 0 Å². The van der Waals surface area contributed by atoms with E-state index in [1.54, 1.807) is 29.2 Å². The summed E-state index contributed by atoms with van der Waals surface area (Å²) in [7, 11) is -2.05. The zero-order chi connectivity index (χ0) is 26.9. The number of hydrogen-bond acceptors (Lipinski definition) is 6. The molecule has 38 heavy (non-hydrogen) atoms. The van der Waals surface area contributed by atoms with E-state index in [0.717, 1.165) is 11.1 Å². The number of piperazine rings is 1. The number of nitrogens with one attached hydrogen (secondary N) is 2. The number of amides is 1. The van der Waals surface area contributed by atoms with Gasteiger partial charge in [-0.05, 0) is 42.9 Å². The lowest BCUT2D eigenvalue weighted by atomic mass is 10.1. The molecule has 1 amide bonds. The number of rotatable bonds is 8. The molecule has 0 atom stereocenters. The predicted octanol–water partition coefficient (Wildman–Crippen LogP) is 2.30. The van der Waals surface area contributed by atoms with Gasteiger partial charge in [-0.3, -0.25) is 9.59 Å². The van der Waals surface area contributed by atoms with Gasteiger partial charge in [0.15, 0.2) is 0 Å². The second-order valence-electron chi connectivity index (χ2n) is 9.10. The summed E-state index contributed by atoms with van der Waals surface area (Å²) in [5, 5.41) is 8.69. The van der Waals surface area contributed by atoms with E-state index in [4.69, 9.17) is 11.6 Å². The van der Waals surface area contributed by atoms with E-state index in [1.165, 1.54) is 21.1 Å². The molecule has 2 N–H and O–H groups in total. The maximum atomic E-state index is 13.2. The molecule has 0 aliphatic carbocycles. The van der Waals surface area contributed by atoms with Crippen LogP contribution in [0, 0.1) is 0 Å². The number of aromatic nitrogens is 3. The largest absolute Gasteiger partial charge is 0.345 e. The van der Waals surface area contributed by atoms with Crippen LogP contribution >= 0.6 is 11.6 Å². The normalized spacial score (nSPS) is 14.9.